The van der Waals surface area contributed by atoms with E-state index < -0.39 is 0 Å². The molecule has 0 fully saturated rings. The third-order valence-electron chi connectivity index (χ3n) is 3.85. The molecule has 0 bridgehead atoms. The number of carbonyl (C=O) groups is 1. The van der Waals surface area contributed by atoms with Gasteiger partial charge in [0.15, 0.2) is 5.82 Å². The molecule has 132 valence electrons. The van der Waals surface area contributed by atoms with Gasteiger partial charge in [0, 0.05) is 13.2 Å². The fourth-order valence-electron chi connectivity index (χ4n) is 2.47. The molecule has 0 saturated heterocycles. The lowest BCUT2D eigenvalue weighted by atomic mass is 10.1. The van der Waals surface area contributed by atoms with E-state index in [4.69, 9.17) is 5.26 Å². The molecule has 26 heavy (non-hydrogen) atoms. The van der Waals surface area contributed by atoms with E-state index in [1.54, 1.807) is 44.3 Å². The van der Waals surface area contributed by atoms with Crippen LogP contribution in [0.1, 0.15) is 21.5 Å². The highest BCUT2D eigenvalue weighted by Gasteiger charge is 2.16. The molecule has 0 aliphatic heterocycles. The van der Waals surface area contributed by atoms with E-state index in [2.05, 4.69) is 21.5 Å². The van der Waals surface area contributed by atoms with Crippen LogP contribution in [0.2, 0.25) is 0 Å². The van der Waals surface area contributed by atoms with Gasteiger partial charge in [-0.25, -0.2) is 4.98 Å². The number of nitriles is 1. The predicted molar refractivity (Wildman–Crippen MR) is 98.6 cm³/mol. The summed E-state index contributed by atoms with van der Waals surface area (Å²) in [5.74, 6) is 0.117. The quantitative estimate of drug-likeness (QED) is 0.738. The summed E-state index contributed by atoms with van der Waals surface area (Å²) in [5, 5.41) is 26.1. The zero-order valence-electron chi connectivity index (χ0n) is 14.1. The van der Waals surface area contributed by atoms with Crippen molar-refractivity contribution in [3.05, 3.63) is 59.4 Å². The molecule has 1 aromatic carbocycles. The van der Waals surface area contributed by atoms with Crippen LogP contribution in [0.4, 0.5) is 0 Å². The van der Waals surface area contributed by atoms with Gasteiger partial charge in [-0.15, -0.1) is 12.4 Å². The summed E-state index contributed by atoms with van der Waals surface area (Å²) in [6.07, 6.45) is 2.98. The number of nitrogens with zero attached hydrogens (tertiary/aromatic N) is 4. The lowest BCUT2D eigenvalue weighted by Gasteiger charge is -2.08. The Morgan fingerprint density at radius 2 is 1.96 bits per heavy atom. The van der Waals surface area contributed by atoms with Gasteiger partial charge < -0.3 is 10.4 Å². The fourth-order valence-corrected chi connectivity index (χ4v) is 2.47. The van der Waals surface area contributed by atoms with Gasteiger partial charge in [0.2, 0.25) is 5.88 Å². The summed E-state index contributed by atoms with van der Waals surface area (Å²) in [7, 11) is 1.55. The molecule has 0 unspecified atom stereocenters. The first-order valence-electron chi connectivity index (χ1n) is 7.51. The SMILES string of the molecule is CNC(=O)c1cnc(-n2ncc(-c3ccc(C#N)cc3)c2O)cc1C.Cl. The van der Waals surface area contributed by atoms with Crippen molar-refractivity contribution in [2.75, 3.05) is 7.05 Å². The number of aryl methyl sites for hydroxylation is 1. The predicted octanol–water partition coefficient (Wildman–Crippen LogP) is 2.60. The monoisotopic (exact) mass is 369 g/mol. The molecular formula is C18H16ClN5O2. The minimum atomic E-state index is -0.223. The molecule has 7 nitrogen and oxygen atoms in total. The van der Waals surface area contributed by atoms with Crippen molar-refractivity contribution in [3.8, 4) is 28.9 Å². The van der Waals surface area contributed by atoms with Crippen molar-refractivity contribution in [1.82, 2.24) is 20.1 Å². The summed E-state index contributed by atoms with van der Waals surface area (Å²) in [6.45, 7) is 1.79. The molecule has 1 amide bonds. The maximum absolute atomic E-state index is 11.7. The number of aromatic hydroxyl groups is 1. The maximum Gasteiger partial charge on any atom is 0.252 e. The minimum absolute atomic E-state index is 0. The number of benzene rings is 1. The summed E-state index contributed by atoms with van der Waals surface area (Å²) < 4.78 is 1.30. The number of amides is 1. The highest BCUT2D eigenvalue weighted by Crippen LogP contribution is 2.30. The molecule has 8 heteroatoms. The Morgan fingerprint density at radius 3 is 2.54 bits per heavy atom. The van der Waals surface area contributed by atoms with Crippen LogP contribution in [0.3, 0.4) is 0 Å². The second-order valence-electron chi connectivity index (χ2n) is 5.42. The van der Waals surface area contributed by atoms with Gasteiger partial charge in [-0.1, -0.05) is 12.1 Å². The Kier molecular flexibility index (Phi) is 5.60. The third-order valence-corrected chi connectivity index (χ3v) is 3.85. The van der Waals surface area contributed by atoms with Gasteiger partial charge in [-0.2, -0.15) is 15.0 Å². The number of halogens is 1. The number of pyridine rings is 1. The molecule has 2 aromatic heterocycles. The topological polar surface area (TPSA) is 104 Å². The van der Waals surface area contributed by atoms with Crippen molar-refractivity contribution in [1.29, 1.82) is 5.26 Å². The van der Waals surface area contributed by atoms with E-state index in [1.807, 2.05) is 0 Å². The van der Waals surface area contributed by atoms with Gasteiger partial charge >= 0.3 is 0 Å². The van der Waals surface area contributed by atoms with Crippen LogP contribution in [-0.4, -0.2) is 32.8 Å². The number of hydrogen-bond donors (Lipinski definition) is 2. The molecule has 3 rings (SSSR count). The number of hydrogen-bond acceptors (Lipinski definition) is 5. The van der Waals surface area contributed by atoms with E-state index >= 15 is 0 Å². The largest absolute Gasteiger partial charge is 0.493 e. The van der Waals surface area contributed by atoms with E-state index in [0.717, 1.165) is 11.1 Å². The Labute approximate surface area is 156 Å². The van der Waals surface area contributed by atoms with Gasteiger partial charge in [0.05, 0.1) is 29.0 Å². The van der Waals surface area contributed by atoms with E-state index in [0.29, 0.717) is 22.5 Å². The molecule has 0 aliphatic rings. The molecule has 0 spiro atoms. The molecule has 0 atom stereocenters. The van der Waals surface area contributed by atoms with Gasteiger partial charge in [-0.05, 0) is 36.2 Å². The number of carbonyl (C=O) groups excluding carboxylic acids is 1. The Hall–Kier alpha value is -3.37. The fraction of sp³-hybridized carbons (Fsp3) is 0.111. The average molecular weight is 370 g/mol. The van der Waals surface area contributed by atoms with Gasteiger partial charge in [-0.3, -0.25) is 4.79 Å². The second kappa shape index (κ2) is 7.68. The van der Waals surface area contributed by atoms with Crippen LogP contribution < -0.4 is 5.32 Å². The van der Waals surface area contributed by atoms with E-state index in [1.165, 1.54) is 17.1 Å². The lowest BCUT2D eigenvalue weighted by Crippen LogP contribution is -2.19. The summed E-state index contributed by atoms with van der Waals surface area (Å²) in [6, 6.07) is 10.6. The first-order valence-corrected chi connectivity index (χ1v) is 7.51. The van der Waals surface area contributed by atoms with Crippen molar-refractivity contribution in [2.24, 2.45) is 0 Å². The smallest absolute Gasteiger partial charge is 0.252 e. The highest BCUT2D eigenvalue weighted by molar-refractivity contribution is 5.95. The van der Waals surface area contributed by atoms with Crippen LogP contribution in [-0.2, 0) is 0 Å². The van der Waals surface area contributed by atoms with Gasteiger partial charge in [0.1, 0.15) is 0 Å². The zero-order valence-corrected chi connectivity index (χ0v) is 14.9. The second-order valence-corrected chi connectivity index (χ2v) is 5.42. The summed E-state index contributed by atoms with van der Waals surface area (Å²) >= 11 is 0. The number of aromatic nitrogens is 3. The lowest BCUT2D eigenvalue weighted by molar-refractivity contribution is 0.0962. The van der Waals surface area contributed by atoms with Gasteiger partial charge in [0.25, 0.3) is 5.91 Å². The van der Waals surface area contributed by atoms with Crippen LogP contribution in [0, 0.1) is 18.3 Å². The zero-order chi connectivity index (χ0) is 18.0. The Morgan fingerprint density at radius 1 is 1.27 bits per heavy atom. The molecule has 2 heterocycles. The van der Waals surface area contributed by atoms with Crippen molar-refractivity contribution < 1.29 is 9.90 Å². The first kappa shape index (κ1) is 19.0. The molecule has 0 saturated carbocycles. The van der Waals surface area contributed by atoms with Crippen molar-refractivity contribution in [3.63, 3.8) is 0 Å². The standard InChI is InChI=1S/C18H15N5O2.ClH/c1-11-7-16(21-9-14(11)17(24)20-2)23-18(25)15(10-22-23)13-5-3-12(8-19)4-6-13;/h3-7,9-10,25H,1-2H3,(H,20,24);1H. The molecule has 0 radical (unpaired) electrons. The summed E-state index contributed by atoms with van der Waals surface area (Å²) in [4.78, 5) is 16.0. The first-order chi connectivity index (χ1) is 12.0. The van der Waals surface area contributed by atoms with Crippen LogP contribution in [0.5, 0.6) is 5.88 Å². The van der Waals surface area contributed by atoms with Crippen LogP contribution in [0.25, 0.3) is 16.9 Å². The average Bonchev–Trinajstić information content (AvgIpc) is 3.02. The highest BCUT2D eigenvalue weighted by atomic mass is 35.5. The van der Waals surface area contributed by atoms with Crippen molar-refractivity contribution >= 4 is 18.3 Å². The van der Waals surface area contributed by atoms with Crippen LogP contribution >= 0.6 is 12.4 Å². The van der Waals surface area contributed by atoms with E-state index in [-0.39, 0.29) is 24.2 Å². The normalized spacial score (nSPS) is 9.88. The van der Waals surface area contributed by atoms with Crippen molar-refractivity contribution in [2.45, 2.75) is 6.92 Å². The number of nitrogens with one attached hydrogen (secondary N) is 1. The third kappa shape index (κ3) is 3.36. The maximum atomic E-state index is 11.7. The summed E-state index contributed by atoms with van der Waals surface area (Å²) in [5.41, 5.74) is 2.99. The van der Waals surface area contributed by atoms with Crippen LogP contribution in [0.15, 0.2) is 42.7 Å². The minimum Gasteiger partial charge on any atom is -0.493 e. The molecular weight excluding hydrogens is 354 g/mol. The molecule has 3 aromatic rings. The Balaban J connectivity index is 0.00000243. The molecule has 0 aliphatic carbocycles. The van der Waals surface area contributed by atoms with E-state index in [9.17, 15) is 9.90 Å². The Bertz CT molecular complexity index is 990. The number of rotatable bonds is 3. The molecule has 2 N–H and O–H groups in total.